The van der Waals surface area contributed by atoms with Crippen molar-refractivity contribution >= 4 is 27.5 Å². The van der Waals surface area contributed by atoms with Gasteiger partial charge in [-0.25, -0.2) is 18.2 Å². The molecule has 0 saturated carbocycles. The summed E-state index contributed by atoms with van der Waals surface area (Å²) in [6, 6.07) is 6.60. The molecule has 8 rings (SSSR count). The molecular weight excluding hydrogens is 619 g/mol. The number of fused-ring (bicyclic) bond motifs is 4. The lowest BCUT2D eigenvalue weighted by Gasteiger charge is -2.34. The minimum absolute atomic E-state index is 0. The van der Waals surface area contributed by atoms with Crippen LogP contribution in [-0.4, -0.2) is 83.7 Å². The van der Waals surface area contributed by atoms with E-state index in [9.17, 15) is 8.78 Å². The fourth-order valence-electron chi connectivity index (χ4n) is 7.92. The molecule has 2 aromatic heterocycles. The molecule has 0 aliphatic carbocycles. The predicted molar refractivity (Wildman–Crippen MR) is 184 cm³/mol. The molecule has 0 amide bonds. The predicted octanol–water partition coefficient (Wildman–Crippen LogP) is 7.26. The highest BCUT2D eigenvalue weighted by atomic mass is 19.1. The molecule has 2 aromatic carbocycles. The summed E-state index contributed by atoms with van der Waals surface area (Å²) in [7, 11) is 0. The third-order valence-electron chi connectivity index (χ3n) is 10.0. The summed E-state index contributed by atoms with van der Waals surface area (Å²) in [6.07, 6.45) is 8.44. The number of aryl methyl sites for hydroxylation is 1. The number of terminal acetylenes is 1. The zero-order valence-corrected chi connectivity index (χ0v) is 25.6. The first-order valence-corrected chi connectivity index (χ1v) is 16.0. The number of pyridine rings is 1. The Balaban J connectivity index is 0.00000156. The van der Waals surface area contributed by atoms with Crippen molar-refractivity contribution in [1.29, 1.82) is 0 Å². The molecule has 48 heavy (non-hydrogen) atoms. The zero-order chi connectivity index (χ0) is 31.6. The van der Waals surface area contributed by atoms with Gasteiger partial charge in [-0.2, -0.15) is 9.97 Å². The second kappa shape index (κ2) is 13.1. The Labute approximate surface area is 281 Å². The average Bonchev–Trinajstić information content (AvgIpc) is 3.46. The van der Waals surface area contributed by atoms with Gasteiger partial charge in [0.25, 0.3) is 0 Å². The second-order valence-corrected chi connectivity index (χ2v) is 12.9. The fraction of sp³-hybridized carbons (Fsp3) is 0.486. The first kappa shape index (κ1) is 33.7. The van der Waals surface area contributed by atoms with Gasteiger partial charge in [0.05, 0.1) is 24.3 Å². The molecule has 256 valence electrons. The van der Waals surface area contributed by atoms with Crippen LogP contribution in [0.4, 0.5) is 19.0 Å². The lowest BCUT2D eigenvalue weighted by atomic mass is 9.94. The van der Waals surface area contributed by atoms with Gasteiger partial charge in [0, 0.05) is 51.0 Å². The molecule has 0 unspecified atom stereocenters. The third-order valence-corrected chi connectivity index (χ3v) is 10.0. The van der Waals surface area contributed by atoms with Gasteiger partial charge in [0.15, 0.2) is 5.82 Å². The molecule has 0 bridgehead atoms. The van der Waals surface area contributed by atoms with E-state index in [1.165, 1.54) is 6.07 Å². The number of hydrogen-bond acceptors (Lipinski definition) is 8. The lowest BCUT2D eigenvalue weighted by molar-refractivity contribution is 0.107. The maximum absolute atomic E-state index is 17.1. The number of rotatable bonds is 4. The Kier molecular flexibility index (Phi) is 9.18. The van der Waals surface area contributed by atoms with Crippen LogP contribution in [-0.2, 0) is 4.74 Å². The summed E-state index contributed by atoms with van der Waals surface area (Å²) in [5.41, 5.74) is 0.684. The number of halogens is 3. The highest BCUT2D eigenvalue weighted by molar-refractivity contribution is 6.03. The number of ether oxygens (including phenoxy) is 3. The number of anilines is 1. The molecule has 6 heterocycles. The molecule has 11 heteroatoms. The van der Waals surface area contributed by atoms with Crippen molar-refractivity contribution in [3.63, 3.8) is 0 Å². The lowest BCUT2D eigenvalue weighted by Crippen LogP contribution is -2.43. The van der Waals surface area contributed by atoms with Crippen molar-refractivity contribution in [2.24, 2.45) is 0 Å². The molecule has 4 aromatic rings. The Morgan fingerprint density at radius 1 is 1.08 bits per heavy atom. The van der Waals surface area contributed by atoms with Crippen LogP contribution in [0.15, 0.2) is 24.3 Å². The smallest absolute Gasteiger partial charge is 0.319 e. The SMILES string of the molecule is C.C.C#Cc1c(F)ccc2cc(C)cc(-c3nc4c5c(nc(OC[C@@]67CCCN6C[C@H](F)C7)nc5c3F)N3CCOCC[C@@H]3CCO4)c12.[HH]. The van der Waals surface area contributed by atoms with E-state index in [1.54, 1.807) is 12.1 Å². The largest absolute Gasteiger partial charge is 0.477 e. The summed E-state index contributed by atoms with van der Waals surface area (Å²) in [4.78, 5) is 18.5. The van der Waals surface area contributed by atoms with E-state index in [-0.39, 0.29) is 57.6 Å². The zero-order valence-electron chi connectivity index (χ0n) is 25.6. The molecule has 0 spiro atoms. The second-order valence-electron chi connectivity index (χ2n) is 12.9. The van der Waals surface area contributed by atoms with E-state index < -0.39 is 23.3 Å². The summed E-state index contributed by atoms with van der Waals surface area (Å²) >= 11 is 0. The van der Waals surface area contributed by atoms with Gasteiger partial charge in [-0.15, -0.1) is 6.42 Å². The third kappa shape index (κ3) is 5.49. The van der Waals surface area contributed by atoms with Crippen molar-refractivity contribution in [2.45, 2.75) is 71.6 Å². The maximum Gasteiger partial charge on any atom is 0.319 e. The van der Waals surface area contributed by atoms with Crippen LogP contribution in [0.25, 0.3) is 32.9 Å². The van der Waals surface area contributed by atoms with E-state index in [4.69, 9.17) is 30.6 Å². The van der Waals surface area contributed by atoms with Crippen molar-refractivity contribution in [3.8, 4) is 35.5 Å². The van der Waals surface area contributed by atoms with Crippen LogP contribution in [0.2, 0.25) is 0 Å². The molecule has 3 saturated heterocycles. The summed E-state index contributed by atoms with van der Waals surface area (Å²) in [6.45, 7) is 5.22. The fourth-order valence-corrected chi connectivity index (χ4v) is 7.92. The van der Waals surface area contributed by atoms with Crippen LogP contribution >= 0.6 is 0 Å². The molecular formula is C37H44F3N5O3. The molecule has 3 fully saturated rings. The van der Waals surface area contributed by atoms with Gasteiger partial charge in [-0.1, -0.05) is 32.9 Å². The van der Waals surface area contributed by atoms with Crippen LogP contribution < -0.4 is 14.4 Å². The van der Waals surface area contributed by atoms with Gasteiger partial charge in [0.2, 0.25) is 5.88 Å². The summed E-state index contributed by atoms with van der Waals surface area (Å²) < 4.78 is 64.9. The number of benzene rings is 2. The number of alkyl halides is 1. The molecule has 3 atom stereocenters. The van der Waals surface area contributed by atoms with Gasteiger partial charge in [-0.3, -0.25) is 4.90 Å². The Hall–Kier alpha value is -4.14. The number of hydrogen-bond donors (Lipinski definition) is 0. The topological polar surface area (TPSA) is 72.8 Å². The van der Waals surface area contributed by atoms with Crippen LogP contribution in [0.3, 0.4) is 0 Å². The van der Waals surface area contributed by atoms with Crippen LogP contribution in [0, 0.1) is 30.9 Å². The molecule has 4 aliphatic rings. The van der Waals surface area contributed by atoms with Gasteiger partial charge in [-0.05, 0) is 55.8 Å². The highest BCUT2D eigenvalue weighted by Crippen LogP contribution is 2.44. The molecule has 0 N–H and O–H groups in total. The average molecular weight is 664 g/mol. The summed E-state index contributed by atoms with van der Waals surface area (Å²) in [5.74, 6) is 1.80. The monoisotopic (exact) mass is 663 g/mol. The van der Waals surface area contributed by atoms with Crippen LogP contribution in [0.1, 0.15) is 59.5 Å². The standard InChI is InChI=1S/C35H34F3N5O3.2CH4.H2/c1-3-24-26(37)6-5-21-15-20(2)16-25(27(21)24)30-29(38)31-28-32(43-11-14-44-12-7-23(43)8-13-45-33(28)39-30)41-34(40-31)46-19-35-9-4-10-42(35)18-22(36)17-35;;;/h1,5-6,15-16,22-23H,4,7-14,17-19H2,2H3;2*1H4;1H/t22-,23-,35+;;;/m1.../s1. The van der Waals surface area contributed by atoms with Gasteiger partial charge < -0.3 is 19.1 Å². The minimum atomic E-state index is -0.916. The Morgan fingerprint density at radius 2 is 1.92 bits per heavy atom. The van der Waals surface area contributed by atoms with E-state index in [0.29, 0.717) is 73.3 Å². The number of nitrogens with zero attached hydrogens (tertiary/aromatic N) is 5. The molecule has 8 nitrogen and oxygen atoms in total. The Bertz CT molecular complexity index is 1920. The van der Waals surface area contributed by atoms with E-state index >= 15 is 4.39 Å². The van der Waals surface area contributed by atoms with Gasteiger partial charge in [0.1, 0.15) is 41.0 Å². The quantitative estimate of drug-likeness (QED) is 0.211. The summed E-state index contributed by atoms with van der Waals surface area (Å²) in [5, 5.41) is 1.39. The molecule has 0 radical (unpaired) electrons. The van der Waals surface area contributed by atoms with E-state index in [1.807, 2.05) is 13.0 Å². The maximum atomic E-state index is 17.1. The highest BCUT2D eigenvalue weighted by Gasteiger charge is 2.49. The first-order valence-electron chi connectivity index (χ1n) is 16.0. The van der Waals surface area contributed by atoms with Crippen molar-refractivity contribution in [2.75, 3.05) is 51.0 Å². The Morgan fingerprint density at radius 3 is 2.75 bits per heavy atom. The number of aromatic nitrogens is 3. The van der Waals surface area contributed by atoms with E-state index in [0.717, 1.165) is 31.4 Å². The normalized spacial score (nSPS) is 23.5. The van der Waals surface area contributed by atoms with Crippen LogP contribution in [0.5, 0.6) is 11.9 Å². The van der Waals surface area contributed by atoms with Gasteiger partial charge >= 0.3 is 6.01 Å². The first-order chi connectivity index (χ1) is 22.3. The molecule has 4 aliphatic heterocycles. The van der Waals surface area contributed by atoms with Crippen molar-refractivity contribution in [1.82, 2.24) is 19.9 Å². The minimum Gasteiger partial charge on any atom is -0.477 e. The van der Waals surface area contributed by atoms with Crippen molar-refractivity contribution in [3.05, 3.63) is 47.0 Å². The van der Waals surface area contributed by atoms with Crippen molar-refractivity contribution < 1.29 is 28.8 Å². The van der Waals surface area contributed by atoms with E-state index in [2.05, 4.69) is 20.7 Å².